The molecule has 1 rings (SSSR count). The standard InChI is InChI=1S/C10H15N3O2/c1-6(12-14)9(13-15)8-7(4-5-11)10(8,2)3/h7-8,14-15H,4H2,1-3H3/b12-6-,13-9-/t7-,8+/m0/s1. The average molecular weight is 209 g/mol. The molecule has 0 heterocycles. The SMILES string of the molecule is CC(=N/O)/C(=N/O)[C@H]1[C@H](CC#N)C1(C)C. The average Bonchev–Trinajstić information content (AvgIpc) is 2.71. The summed E-state index contributed by atoms with van der Waals surface area (Å²) in [5.74, 6) is 0.170. The largest absolute Gasteiger partial charge is 0.411 e. The molecule has 15 heavy (non-hydrogen) atoms. The van der Waals surface area contributed by atoms with Crippen molar-refractivity contribution >= 4 is 11.4 Å². The fourth-order valence-corrected chi connectivity index (χ4v) is 2.18. The zero-order chi connectivity index (χ0) is 11.6. The van der Waals surface area contributed by atoms with Gasteiger partial charge in [0.05, 0.1) is 6.07 Å². The Labute approximate surface area is 88.7 Å². The Morgan fingerprint density at radius 1 is 1.40 bits per heavy atom. The molecule has 82 valence electrons. The van der Waals surface area contributed by atoms with Crippen LogP contribution in [0.3, 0.4) is 0 Å². The van der Waals surface area contributed by atoms with Gasteiger partial charge < -0.3 is 10.4 Å². The van der Waals surface area contributed by atoms with Crippen LogP contribution in [0.1, 0.15) is 27.2 Å². The molecule has 0 unspecified atom stereocenters. The minimum atomic E-state index is -0.0662. The van der Waals surface area contributed by atoms with E-state index in [2.05, 4.69) is 16.4 Å². The van der Waals surface area contributed by atoms with E-state index in [1.165, 1.54) is 0 Å². The van der Waals surface area contributed by atoms with Crippen molar-refractivity contribution in [2.75, 3.05) is 0 Å². The highest BCUT2D eigenvalue weighted by atomic mass is 16.4. The molecular formula is C10H15N3O2. The Morgan fingerprint density at radius 3 is 2.40 bits per heavy atom. The van der Waals surface area contributed by atoms with Crippen molar-refractivity contribution in [1.29, 1.82) is 5.26 Å². The molecular weight excluding hydrogens is 194 g/mol. The molecule has 0 amide bonds. The van der Waals surface area contributed by atoms with Crippen molar-refractivity contribution in [1.82, 2.24) is 0 Å². The van der Waals surface area contributed by atoms with Crippen LogP contribution >= 0.6 is 0 Å². The Hall–Kier alpha value is -1.57. The normalized spacial score (nSPS) is 29.7. The van der Waals surface area contributed by atoms with Gasteiger partial charge in [-0.15, -0.1) is 0 Å². The molecule has 0 aromatic carbocycles. The Bertz CT molecular complexity index is 352. The zero-order valence-corrected chi connectivity index (χ0v) is 9.10. The molecule has 5 nitrogen and oxygen atoms in total. The number of hydrogen-bond donors (Lipinski definition) is 2. The van der Waals surface area contributed by atoms with E-state index >= 15 is 0 Å². The number of hydrogen-bond acceptors (Lipinski definition) is 5. The third-order valence-electron chi connectivity index (χ3n) is 3.28. The van der Waals surface area contributed by atoms with E-state index in [4.69, 9.17) is 15.7 Å². The van der Waals surface area contributed by atoms with Crippen molar-refractivity contribution < 1.29 is 10.4 Å². The molecule has 0 spiro atoms. The molecule has 5 heteroatoms. The van der Waals surface area contributed by atoms with Gasteiger partial charge in [-0.3, -0.25) is 0 Å². The van der Waals surface area contributed by atoms with Crippen LogP contribution in [0, 0.1) is 28.6 Å². The Morgan fingerprint density at radius 2 is 2.00 bits per heavy atom. The van der Waals surface area contributed by atoms with E-state index in [1.54, 1.807) is 6.92 Å². The number of rotatable bonds is 3. The van der Waals surface area contributed by atoms with Gasteiger partial charge in [0.1, 0.15) is 11.4 Å². The maximum atomic E-state index is 8.87. The van der Waals surface area contributed by atoms with E-state index < -0.39 is 0 Å². The van der Waals surface area contributed by atoms with Crippen LogP contribution < -0.4 is 0 Å². The molecule has 1 aliphatic carbocycles. The Kier molecular flexibility index (Phi) is 2.98. The molecule has 0 radical (unpaired) electrons. The fraction of sp³-hybridized carbons (Fsp3) is 0.700. The molecule has 2 atom stereocenters. The highest BCUT2D eigenvalue weighted by Crippen LogP contribution is 2.60. The number of nitriles is 1. The lowest BCUT2D eigenvalue weighted by Gasteiger charge is -2.03. The lowest BCUT2D eigenvalue weighted by Crippen LogP contribution is -2.16. The summed E-state index contributed by atoms with van der Waals surface area (Å²) in [5, 5.41) is 32.3. The van der Waals surface area contributed by atoms with Gasteiger partial charge in [0.15, 0.2) is 0 Å². The summed E-state index contributed by atoms with van der Waals surface area (Å²) in [5.41, 5.74) is 0.613. The lowest BCUT2D eigenvalue weighted by molar-refractivity contribution is 0.312. The molecule has 1 fully saturated rings. The van der Waals surface area contributed by atoms with Crippen molar-refractivity contribution in [2.45, 2.75) is 27.2 Å². The van der Waals surface area contributed by atoms with Gasteiger partial charge in [-0.1, -0.05) is 24.2 Å². The maximum Gasteiger partial charge on any atom is 0.108 e. The minimum Gasteiger partial charge on any atom is -0.411 e. The van der Waals surface area contributed by atoms with E-state index in [0.717, 1.165) is 0 Å². The van der Waals surface area contributed by atoms with Crippen molar-refractivity contribution in [3.05, 3.63) is 0 Å². The maximum absolute atomic E-state index is 8.87. The van der Waals surface area contributed by atoms with Gasteiger partial charge in [0.25, 0.3) is 0 Å². The third-order valence-corrected chi connectivity index (χ3v) is 3.28. The molecule has 2 N–H and O–H groups in total. The summed E-state index contributed by atoms with van der Waals surface area (Å²) in [4.78, 5) is 0. The first kappa shape index (κ1) is 11.5. The zero-order valence-electron chi connectivity index (χ0n) is 9.10. The topological polar surface area (TPSA) is 89.0 Å². The smallest absolute Gasteiger partial charge is 0.108 e. The summed E-state index contributed by atoms with van der Waals surface area (Å²) in [6.07, 6.45) is 0.426. The first-order chi connectivity index (χ1) is 7.00. The van der Waals surface area contributed by atoms with Gasteiger partial charge in [-0.2, -0.15) is 5.26 Å². The predicted octanol–water partition coefficient (Wildman–Crippen LogP) is 1.85. The third kappa shape index (κ3) is 1.80. The summed E-state index contributed by atoms with van der Waals surface area (Å²) in [6.45, 7) is 5.60. The van der Waals surface area contributed by atoms with Crippen LogP contribution in [0.2, 0.25) is 0 Å². The van der Waals surface area contributed by atoms with Crippen LogP contribution in [-0.2, 0) is 0 Å². The van der Waals surface area contributed by atoms with E-state index in [1.807, 2.05) is 13.8 Å². The van der Waals surface area contributed by atoms with Crippen molar-refractivity contribution in [3.8, 4) is 6.07 Å². The lowest BCUT2D eigenvalue weighted by atomic mass is 10.0. The summed E-state index contributed by atoms with van der Waals surface area (Å²) in [7, 11) is 0. The first-order valence-electron chi connectivity index (χ1n) is 4.78. The summed E-state index contributed by atoms with van der Waals surface area (Å²) < 4.78 is 0. The van der Waals surface area contributed by atoms with Crippen LogP contribution in [0.15, 0.2) is 10.3 Å². The second-order valence-corrected chi connectivity index (χ2v) is 4.44. The van der Waals surface area contributed by atoms with Gasteiger partial charge in [0, 0.05) is 12.3 Å². The quantitative estimate of drug-likeness (QED) is 0.422. The first-order valence-corrected chi connectivity index (χ1v) is 4.78. The second kappa shape index (κ2) is 3.89. The molecule has 0 saturated heterocycles. The monoisotopic (exact) mass is 209 g/mol. The van der Waals surface area contributed by atoms with Gasteiger partial charge >= 0.3 is 0 Å². The highest BCUT2D eigenvalue weighted by molar-refractivity contribution is 6.42. The van der Waals surface area contributed by atoms with E-state index in [-0.39, 0.29) is 17.3 Å². The second-order valence-electron chi connectivity index (χ2n) is 4.44. The summed E-state index contributed by atoms with van der Waals surface area (Å²) in [6, 6.07) is 2.11. The van der Waals surface area contributed by atoms with Gasteiger partial charge in [0.2, 0.25) is 0 Å². The molecule has 0 aromatic heterocycles. The molecule has 0 aliphatic heterocycles. The van der Waals surface area contributed by atoms with Crippen LogP contribution in [-0.4, -0.2) is 21.8 Å². The minimum absolute atomic E-state index is 0.00181. The van der Waals surface area contributed by atoms with E-state index in [0.29, 0.717) is 17.8 Å². The highest BCUT2D eigenvalue weighted by Gasteiger charge is 2.60. The van der Waals surface area contributed by atoms with E-state index in [9.17, 15) is 0 Å². The van der Waals surface area contributed by atoms with Gasteiger partial charge in [-0.25, -0.2) is 0 Å². The summed E-state index contributed by atoms with van der Waals surface area (Å²) >= 11 is 0. The molecule has 0 aromatic rings. The Balaban J connectivity index is 2.88. The number of oxime groups is 2. The number of nitrogens with zero attached hydrogens (tertiary/aromatic N) is 3. The van der Waals surface area contributed by atoms with Crippen LogP contribution in [0.25, 0.3) is 0 Å². The molecule has 0 bridgehead atoms. The van der Waals surface area contributed by atoms with Crippen molar-refractivity contribution in [3.63, 3.8) is 0 Å². The van der Waals surface area contributed by atoms with Gasteiger partial charge in [-0.05, 0) is 18.3 Å². The van der Waals surface area contributed by atoms with Crippen molar-refractivity contribution in [2.24, 2.45) is 27.6 Å². The molecule has 1 saturated carbocycles. The molecule has 1 aliphatic rings. The predicted molar refractivity (Wildman–Crippen MR) is 55.1 cm³/mol. The van der Waals surface area contributed by atoms with Crippen LogP contribution in [0.5, 0.6) is 0 Å². The fourth-order valence-electron chi connectivity index (χ4n) is 2.18. The van der Waals surface area contributed by atoms with Crippen LogP contribution in [0.4, 0.5) is 0 Å².